The van der Waals surface area contributed by atoms with Gasteiger partial charge in [-0.25, -0.2) is 0 Å². The van der Waals surface area contributed by atoms with Crippen molar-refractivity contribution >= 4 is 0 Å². The van der Waals surface area contributed by atoms with Gasteiger partial charge in [-0.05, 0) is 35.8 Å². The third-order valence-electron chi connectivity index (χ3n) is 3.74. The summed E-state index contributed by atoms with van der Waals surface area (Å²) in [4.78, 5) is 0. The lowest BCUT2D eigenvalue weighted by atomic mass is 9.87. The van der Waals surface area contributed by atoms with Crippen LogP contribution in [0.25, 0.3) is 0 Å². The van der Waals surface area contributed by atoms with Crippen LogP contribution in [0.1, 0.15) is 30.6 Å². The van der Waals surface area contributed by atoms with Crippen LogP contribution in [0, 0.1) is 11.8 Å². The Kier molecular flexibility index (Phi) is 3.62. The third kappa shape index (κ3) is 2.13. The predicted molar refractivity (Wildman–Crippen MR) is 64.3 cm³/mol. The Morgan fingerprint density at radius 1 is 1.44 bits per heavy atom. The summed E-state index contributed by atoms with van der Waals surface area (Å²) < 4.78 is 5.10. The molecule has 0 amide bonds. The van der Waals surface area contributed by atoms with Crippen molar-refractivity contribution in [2.45, 2.75) is 25.9 Å². The zero-order valence-electron chi connectivity index (χ0n) is 10.0. The number of aliphatic hydroxyl groups excluding tert-OH is 1. The van der Waals surface area contributed by atoms with E-state index >= 15 is 0 Å². The molecule has 16 heavy (non-hydrogen) atoms. The van der Waals surface area contributed by atoms with Crippen LogP contribution in [0.15, 0.2) is 24.3 Å². The molecule has 0 heterocycles. The largest absolute Gasteiger partial charge is 0.388 e. The molecule has 3 unspecified atom stereocenters. The highest BCUT2D eigenvalue weighted by Crippen LogP contribution is 2.40. The maximum atomic E-state index is 10.3. The van der Waals surface area contributed by atoms with Crippen molar-refractivity contribution in [3.8, 4) is 0 Å². The molecule has 0 spiro atoms. The van der Waals surface area contributed by atoms with Crippen molar-refractivity contribution in [2.24, 2.45) is 11.8 Å². The number of rotatable bonds is 4. The Labute approximate surface area is 97.3 Å². The van der Waals surface area contributed by atoms with Gasteiger partial charge in [-0.1, -0.05) is 31.2 Å². The Hall–Kier alpha value is -0.860. The average Bonchev–Trinajstić information content (AvgIpc) is 2.64. The second-order valence-electron chi connectivity index (χ2n) is 4.77. The van der Waals surface area contributed by atoms with E-state index in [-0.39, 0.29) is 6.10 Å². The van der Waals surface area contributed by atoms with Gasteiger partial charge < -0.3 is 9.84 Å². The molecule has 1 N–H and O–H groups in total. The van der Waals surface area contributed by atoms with E-state index in [0.29, 0.717) is 11.8 Å². The molecular formula is C14H20O2. The molecule has 0 radical (unpaired) electrons. The van der Waals surface area contributed by atoms with Gasteiger partial charge >= 0.3 is 0 Å². The molecule has 3 atom stereocenters. The maximum Gasteiger partial charge on any atom is 0.0826 e. The molecule has 1 aromatic rings. The van der Waals surface area contributed by atoms with Crippen molar-refractivity contribution in [1.29, 1.82) is 0 Å². The summed E-state index contributed by atoms with van der Waals surface area (Å²) in [7, 11) is 1.73. The molecule has 2 rings (SSSR count). The van der Waals surface area contributed by atoms with Gasteiger partial charge in [-0.3, -0.25) is 0 Å². The van der Waals surface area contributed by atoms with E-state index in [2.05, 4.69) is 13.0 Å². The van der Waals surface area contributed by atoms with Crippen LogP contribution in [0.3, 0.4) is 0 Å². The lowest BCUT2D eigenvalue weighted by molar-refractivity contribution is 0.0762. The second kappa shape index (κ2) is 4.98. The Bertz CT molecular complexity index is 348. The number of aliphatic hydroxyl groups is 1. The molecule has 0 aliphatic heterocycles. The summed E-state index contributed by atoms with van der Waals surface area (Å²) in [6.07, 6.45) is 1.73. The van der Waals surface area contributed by atoms with Crippen molar-refractivity contribution in [1.82, 2.24) is 0 Å². The fourth-order valence-electron chi connectivity index (χ4n) is 2.64. The third-order valence-corrected chi connectivity index (χ3v) is 3.74. The standard InChI is InChI=1S/C14H20O2/c1-10(7-8-16-2)13-9-11-5-3-4-6-12(11)14(13)15/h3-6,10,13-15H,7-9H2,1-2H3. The first kappa shape index (κ1) is 11.6. The minimum Gasteiger partial charge on any atom is -0.388 e. The van der Waals surface area contributed by atoms with E-state index in [1.54, 1.807) is 7.11 Å². The number of hydrogen-bond donors (Lipinski definition) is 1. The van der Waals surface area contributed by atoms with Crippen LogP contribution in [0.2, 0.25) is 0 Å². The molecule has 0 aromatic heterocycles. The van der Waals surface area contributed by atoms with Crippen LogP contribution in [0.5, 0.6) is 0 Å². The van der Waals surface area contributed by atoms with Gasteiger partial charge in [0, 0.05) is 13.7 Å². The molecule has 0 fully saturated rings. The summed E-state index contributed by atoms with van der Waals surface area (Å²) in [5.41, 5.74) is 2.43. The highest BCUT2D eigenvalue weighted by Gasteiger charge is 2.33. The molecule has 1 aliphatic carbocycles. The Balaban J connectivity index is 2.06. The van der Waals surface area contributed by atoms with Crippen LogP contribution in [0.4, 0.5) is 0 Å². The van der Waals surface area contributed by atoms with Crippen molar-refractivity contribution in [2.75, 3.05) is 13.7 Å². The van der Waals surface area contributed by atoms with Crippen LogP contribution in [-0.4, -0.2) is 18.8 Å². The SMILES string of the molecule is COCCC(C)C1Cc2ccccc2C1O. The van der Waals surface area contributed by atoms with Gasteiger partial charge in [0.2, 0.25) is 0 Å². The van der Waals surface area contributed by atoms with Gasteiger partial charge in [-0.15, -0.1) is 0 Å². The quantitative estimate of drug-likeness (QED) is 0.845. The first-order valence-corrected chi connectivity index (χ1v) is 5.99. The number of hydrogen-bond acceptors (Lipinski definition) is 2. The normalized spacial score (nSPS) is 25.4. The summed E-state index contributed by atoms with van der Waals surface area (Å²) in [6.45, 7) is 2.99. The van der Waals surface area contributed by atoms with Crippen LogP contribution >= 0.6 is 0 Å². The average molecular weight is 220 g/mol. The fourth-order valence-corrected chi connectivity index (χ4v) is 2.64. The predicted octanol–water partition coefficient (Wildman–Crippen LogP) is 2.56. The van der Waals surface area contributed by atoms with E-state index in [4.69, 9.17) is 4.74 Å². The molecule has 0 bridgehead atoms. The monoisotopic (exact) mass is 220 g/mol. The van der Waals surface area contributed by atoms with Gasteiger partial charge in [0.25, 0.3) is 0 Å². The fraction of sp³-hybridized carbons (Fsp3) is 0.571. The lowest BCUT2D eigenvalue weighted by Gasteiger charge is -2.22. The van der Waals surface area contributed by atoms with Gasteiger partial charge in [0.15, 0.2) is 0 Å². The zero-order valence-corrected chi connectivity index (χ0v) is 10.0. The summed E-state index contributed by atoms with van der Waals surface area (Å²) >= 11 is 0. The maximum absolute atomic E-state index is 10.3. The molecule has 2 nitrogen and oxygen atoms in total. The minimum absolute atomic E-state index is 0.289. The molecule has 88 valence electrons. The minimum atomic E-state index is -0.289. The molecule has 1 aromatic carbocycles. The Morgan fingerprint density at radius 2 is 2.19 bits per heavy atom. The molecule has 0 saturated heterocycles. The topological polar surface area (TPSA) is 29.5 Å². The smallest absolute Gasteiger partial charge is 0.0826 e. The van der Waals surface area contributed by atoms with Gasteiger partial charge in [0.05, 0.1) is 6.10 Å². The first-order valence-electron chi connectivity index (χ1n) is 5.99. The first-order chi connectivity index (χ1) is 7.74. The number of benzene rings is 1. The Morgan fingerprint density at radius 3 is 2.88 bits per heavy atom. The van der Waals surface area contributed by atoms with Gasteiger partial charge in [0.1, 0.15) is 0 Å². The molecule has 0 saturated carbocycles. The van der Waals surface area contributed by atoms with E-state index in [0.717, 1.165) is 25.0 Å². The highest BCUT2D eigenvalue weighted by molar-refractivity contribution is 5.34. The summed E-state index contributed by atoms with van der Waals surface area (Å²) in [5, 5.41) is 10.3. The van der Waals surface area contributed by atoms with Crippen LogP contribution < -0.4 is 0 Å². The number of methoxy groups -OCH3 is 1. The molecular weight excluding hydrogens is 200 g/mol. The van der Waals surface area contributed by atoms with E-state index in [1.807, 2.05) is 18.2 Å². The summed E-state index contributed by atoms with van der Waals surface area (Å²) in [5.74, 6) is 0.856. The van der Waals surface area contributed by atoms with Crippen molar-refractivity contribution < 1.29 is 9.84 Å². The lowest BCUT2D eigenvalue weighted by Crippen LogP contribution is -2.18. The van der Waals surface area contributed by atoms with E-state index in [1.165, 1.54) is 5.56 Å². The van der Waals surface area contributed by atoms with E-state index in [9.17, 15) is 5.11 Å². The molecule has 2 heteroatoms. The molecule has 1 aliphatic rings. The van der Waals surface area contributed by atoms with Crippen molar-refractivity contribution in [3.63, 3.8) is 0 Å². The van der Waals surface area contributed by atoms with Gasteiger partial charge in [-0.2, -0.15) is 0 Å². The van der Waals surface area contributed by atoms with Crippen molar-refractivity contribution in [3.05, 3.63) is 35.4 Å². The number of ether oxygens (including phenoxy) is 1. The zero-order chi connectivity index (χ0) is 11.5. The summed E-state index contributed by atoms with van der Waals surface area (Å²) in [6, 6.07) is 8.22. The van der Waals surface area contributed by atoms with Crippen LogP contribution in [-0.2, 0) is 11.2 Å². The highest BCUT2D eigenvalue weighted by atomic mass is 16.5. The van der Waals surface area contributed by atoms with E-state index < -0.39 is 0 Å². The number of fused-ring (bicyclic) bond motifs is 1. The second-order valence-corrected chi connectivity index (χ2v) is 4.77.